The molecule has 0 aromatic heterocycles. The number of rotatable bonds is 3. The van der Waals surface area contributed by atoms with Crippen molar-refractivity contribution < 1.29 is 19.5 Å². The van der Waals surface area contributed by atoms with Crippen LogP contribution in [0.25, 0.3) is 6.08 Å². The molecular formula is C22H22N2O4. The van der Waals surface area contributed by atoms with Crippen LogP contribution in [-0.4, -0.2) is 29.0 Å². The third-order valence-electron chi connectivity index (χ3n) is 5.40. The third kappa shape index (κ3) is 3.69. The zero-order chi connectivity index (χ0) is 19.6. The average Bonchev–Trinajstić information content (AvgIpc) is 2.73. The predicted molar refractivity (Wildman–Crippen MR) is 104 cm³/mol. The molecule has 2 heterocycles. The first-order valence-electron chi connectivity index (χ1n) is 9.35. The molecule has 2 aliphatic rings. The number of amides is 1. The number of benzene rings is 2. The molecule has 0 bridgehead atoms. The van der Waals surface area contributed by atoms with Gasteiger partial charge >= 0.3 is 0 Å². The highest BCUT2D eigenvalue weighted by molar-refractivity contribution is 6.01. The summed E-state index contributed by atoms with van der Waals surface area (Å²) in [6, 6.07) is 15.7. The number of hydrogen-bond acceptors (Lipinski definition) is 5. The highest BCUT2D eigenvalue weighted by Crippen LogP contribution is 2.42. The second-order valence-electron chi connectivity index (χ2n) is 7.32. The topological polar surface area (TPSA) is 87.7 Å². The van der Waals surface area contributed by atoms with E-state index in [0.29, 0.717) is 23.3 Å². The molecule has 4 rings (SSSR count). The number of carbonyl (C=O) groups excluding carboxylic acids is 2. The van der Waals surface area contributed by atoms with Crippen LogP contribution in [0.1, 0.15) is 46.8 Å². The van der Waals surface area contributed by atoms with Gasteiger partial charge in [0.1, 0.15) is 11.4 Å². The minimum atomic E-state index is -0.624. The second kappa shape index (κ2) is 7.58. The quantitative estimate of drug-likeness (QED) is 0.434. The van der Waals surface area contributed by atoms with E-state index in [-0.39, 0.29) is 11.8 Å². The van der Waals surface area contributed by atoms with E-state index in [0.717, 1.165) is 19.4 Å². The van der Waals surface area contributed by atoms with E-state index in [1.165, 1.54) is 17.1 Å². The Morgan fingerprint density at radius 2 is 2.07 bits per heavy atom. The Balaban J connectivity index is 1.57. The lowest BCUT2D eigenvalue weighted by atomic mass is 9.78. The van der Waals surface area contributed by atoms with Crippen LogP contribution in [0, 0.1) is 0 Å². The summed E-state index contributed by atoms with van der Waals surface area (Å²) in [5.74, 6) is 0.0199. The number of piperidine rings is 1. The van der Waals surface area contributed by atoms with Crippen molar-refractivity contribution in [3.05, 3.63) is 71.3 Å². The first-order valence-corrected chi connectivity index (χ1v) is 9.35. The molecule has 0 saturated carbocycles. The summed E-state index contributed by atoms with van der Waals surface area (Å²) in [5, 5.41) is 12.1. The maximum absolute atomic E-state index is 12.9. The van der Waals surface area contributed by atoms with Gasteiger partial charge in [-0.05, 0) is 35.9 Å². The van der Waals surface area contributed by atoms with Gasteiger partial charge in [-0.15, -0.1) is 0 Å². The first-order chi connectivity index (χ1) is 13.6. The molecule has 0 aliphatic carbocycles. The van der Waals surface area contributed by atoms with E-state index in [1.807, 2.05) is 18.2 Å². The molecule has 3 N–H and O–H groups in total. The summed E-state index contributed by atoms with van der Waals surface area (Å²) in [6.45, 7) is 0.791. The van der Waals surface area contributed by atoms with Gasteiger partial charge in [-0.25, -0.2) is 5.48 Å². The molecule has 2 aliphatic heterocycles. The molecule has 2 aromatic rings. The fourth-order valence-corrected chi connectivity index (χ4v) is 4.02. The van der Waals surface area contributed by atoms with Crippen LogP contribution < -0.4 is 15.5 Å². The Kier molecular flexibility index (Phi) is 4.98. The molecule has 2 unspecified atom stereocenters. The van der Waals surface area contributed by atoms with Gasteiger partial charge in [0.05, 0.1) is 12.0 Å². The number of hydrogen-bond donors (Lipinski definition) is 3. The van der Waals surface area contributed by atoms with Crippen molar-refractivity contribution in [2.24, 2.45) is 0 Å². The van der Waals surface area contributed by atoms with Crippen LogP contribution in [-0.2, 0) is 4.79 Å². The summed E-state index contributed by atoms with van der Waals surface area (Å²) in [7, 11) is 0. The van der Waals surface area contributed by atoms with Crippen LogP contribution in [0.4, 0.5) is 0 Å². The van der Waals surface area contributed by atoms with E-state index in [2.05, 4.69) is 17.4 Å². The molecule has 1 fully saturated rings. The lowest BCUT2D eigenvalue weighted by Gasteiger charge is -2.44. The highest BCUT2D eigenvalue weighted by atomic mass is 16.5. The van der Waals surface area contributed by atoms with Crippen molar-refractivity contribution in [3.63, 3.8) is 0 Å². The Morgan fingerprint density at radius 3 is 2.86 bits per heavy atom. The molecule has 0 radical (unpaired) electrons. The van der Waals surface area contributed by atoms with Gasteiger partial charge in [0.2, 0.25) is 0 Å². The predicted octanol–water partition coefficient (Wildman–Crippen LogP) is 3.03. The summed E-state index contributed by atoms with van der Waals surface area (Å²) in [5.41, 5.74) is 3.47. The summed E-state index contributed by atoms with van der Waals surface area (Å²) >= 11 is 0. The van der Waals surface area contributed by atoms with E-state index in [9.17, 15) is 9.59 Å². The van der Waals surface area contributed by atoms with Crippen LogP contribution in [0.3, 0.4) is 0 Å². The van der Waals surface area contributed by atoms with Crippen LogP contribution >= 0.6 is 0 Å². The van der Waals surface area contributed by atoms with Crippen molar-refractivity contribution in [1.29, 1.82) is 0 Å². The molecule has 6 nitrogen and oxygen atoms in total. The van der Waals surface area contributed by atoms with E-state index in [1.54, 1.807) is 24.3 Å². The standard InChI is InChI=1S/C22H22N2O4/c25-19-14-22(10-11-23-18(13-22)16-4-2-1-3-5-16)28-20-8-6-15(12-17(19)20)7-9-21(26)24-27/h1-9,12,18,23,27H,10-11,13-14H2,(H,24,26). The van der Waals surface area contributed by atoms with Crippen molar-refractivity contribution in [3.8, 4) is 5.75 Å². The number of Topliss-reactive ketones (excluding diaryl/α,β-unsaturated/α-hetero) is 1. The Labute approximate surface area is 163 Å². The molecule has 1 saturated heterocycles. The van der Waals surface area contributed by atoms with Crippen molar-refractivity contribution >= 4 is 17.8 Å². The fourth-order valence-electron chi connectivity index (χ4n) is 4.02. The van der Waals surface area contributed by atoms with Crippen molar-refractivity contribution in [2.75, 3.05) is 6.54 Å². The number of nitrogens with one attached hydrogen (secondary N) is 2. The molecule has 6 heteroatoms. The van der Waals surface area contributed by atoms with Crippen LogP contribution in [0.15, 0.2) is 54.6 Å². The maximum Gasteiger partial charge on any atom is 0.267 e. The lowest BCUT2D eigenvalue weighted by molar-refractivity contribution is -0.124. The minimum Gasteiger partial charge on any atom is -0.486 e. The molecule has 1 spiro atoms. The number of fused-ring (bicyclic) bond motifs is 1. The first kappa shape index (κ1) is 18.4. The van der Waals surface area contributed by atoms with E-state index in [4.69, 9.17) is 9.94 Å². The van der Waals surface area contributed by atoms with Crippen LogP contribution in [0.2, 0.25) is 0 Å². The molecule has 144 valence electrons. The minimum absolute atomic E-state index is 0.0526. The van der Waals surface area contributed by atoms with E-state index >= 15 is 0 Å². The Hall–Kier alpha value is -2.96. The van der Waals surface area contributed by atoms with Gasteiger partial charge in [0.15, 0.2) is 5.78 Å². The number of hydroxylamine groups is 1. The molecular weight excluding hydrogens is 356 g/mol. The van der Waals surface area contributed by atoms with Gasteiger partial charge in [-0.2, -0.15) is 0 Å². The largest absolute Gasteiger partial charge is 0.486 e. The Bertz CT molecular complexity index is 925. The zero-order valence-corrected chi connectivity index (χ0v) is 15.4. The Morgan fingerprint density at radius 1 is 1.25 bits per heavy atom. The number of ether oxygens (including phenoxy) is 1. The van der Waals surface area contributed by atoms with Gasteiger partial charge < -0.3 is 10.1 Å². The third-order valence-corrected chi connectivity index (χ3v) is 5.40. The molecule has 1 amide bonds. The smallest absolute Gasteiger partial charge is 0.267 e. The SMILES string of the molecule is O=C(C=Cc1ccc2c(c1)C(=O)CC1(CCNC(c3ccccc3)C1)O2)NO. The molecule has 28 heavy (non-hydrogen) atoms. The summed E-state index contributed by atoms with van der Waals surface area (Å²) in [4.78, 5) is 24.0. The zero-order valence-electron chi connectivity index (χ0n) is 15.4. The van der Waals surface area contributed by atoms with Gasteiger partial charge in [0.25, 0.3) is 5.91 Å². The average molecular weight is 378 g/mol. The monoisotopic (exact) mass is 378 g/mol. The van der Waals surface area contributed by atoms with Gasteiger partial charge in [-0.3, -0.25) is 14.8 Å². The maximum atomic E-state index is 12.9. The number of carbonyl (C=O) groups is 2. The van der Waals surface area contributed by atoms with Crippen molar-refractivity contribution in [1.82, 2.24) is 10.8 Å². The summed E-state index contributed by atoms with van der Waals surface area (Å²) in [6.07, 6.45) is 4.60. The van der Waals surface area contributed by atoms with E-state index < -0.39 is 11.5 Å². The van der Waals surface area contributed by atoms with Gasteiger partial charge in [0, 0.05) is 25.0 Å². The second-order valence-corrected chi connectivity index (χ2v) is 7.32. The van der Waals surface area contributed by atoms with Crippen molar-refractivity contribution in [2.45, 2.75) is 30.9 Å². The van der Waals surface area contributed by atoms with Gasteiger partial charge in [-0.1, -0.05) is 36.4 Å². The highest BCUT2D eigenvalue weighted by Gasteiger charge is 2.44. The fraction of sp³-hybridized carbons (Fsp3) is 0.273. The number of ketones is 1. The normalized spacial score (nSPS) is 24.0. The lowest BCUT2D eigenvalue weighted by Crippen LogP contribution is -2.50. The van der Waals surface area contributed by atoms with Crippen LogP contribution in [0.5, 0.6) is 5.75 Å². The molecule has 2 atom stereocenters. The molecule has 2 aromatic carbocycles. The summed E-state index contributed by atoms with van der Waals surface area (Å²) < 4.78 is 6.38.